The normalized spacial score (nSPS) is 11.0. The number of hydrogen-bond acceptors (Lipinski definition) is 7. The van der Waals surface area contributed by atoms with Crippen molar-refractivity contribution in [3.05, 3.63) is 81.8 Å². The standard InChI is InChI=1S/C25H17ClN6O4/c1-31-12-20-18(25(34)35)6-14(7-21(20)30-31)17-8-15(26)2-3-23(17)36-5-4-32-13-29-22-11-28-16(10-27)9-19(22)24(32)33/h2-3,6-9,11-13H,4-5H2,1H3,(H,34,35). The number of ether oxygens (including phenoxy) is 1. The summed E-state index contributed by atoms with van der Waals surface area (Å²) in [5.74, 6) is -0.610. The minimum atomic E-state index is -1.07. The van der Waals surface area contributed by atoms with Crippen molar-refractivity contribution in [2.24, 2.45) is 7.05 Å². The Labute approximate surface area is 208 Å². The highest BCUT2D eigenvalue weighted by Gasteiger charge is 2.17. The lowest BCUT2D eigenvalue weighted by Crippen LogP contribution is -2.23. The van der Waals surface area contributed by atoms with Crippen LogP contribution >= 0.6 is 11.6 Å². The van der Waals surface area contributed by atoms with Crippen LogP contribution in [-0.2, 0) is 13.6 Å². The summed E-state index contributed by atoms with van der Waals surface area (Å²) >= 11 is 6.25. The van der Waals surface area contributed by atoms with Crippen molar-refractivity contribution in [3.63, 3.8) is 0 Å². The zero-order chi connectivity index (χ0) is 25.4. The Morgan fingerprint density at radius 1 is 1.17 bits per heavy atom. The van der Waals surface area contributed by atoms with E-state index in [4.69, 9.17) is 21.6 Å². The molecule has 36 heavy (non-hydrogen) atoms. The maximum Gasteiger partial charge on any atom is 0.336 e. The van der Waals surface area contributed by atoms with Crippen molar-refractivity contribution in [2.45, 2.75) is 6.54 Å². The van der Waals surface area contributed by atoms with Gasteiger partial charge in [0.05, 0.1) is 41.1 Å². The highest BCUT2D eigenvalue weighted by molar-refractivity contribution is 6.31. The monoisotopic (exact) mass is 500 g/mol. The highest BCUT2D eigenvalue weighted by Crippen LogP contribution is 2.35. The average Bonchev–Trinajstić information content (AvgIpc) is 3.25. The summed E-state index contributed by atoms with van der Waals surface area (Å²) in [7, 11) is 1.72. The molecule has 3 heterocycles. The van der Waals surface area contributed by atoms with Gasteiger partial charge in [0.1, 0.15) is 24.1 Å². The van der Waals surface area contributed by atoms with Gasteiger partial charge in [-0.2, -0.15) is 10.4 Å². The van der Waals surface area contributed by atoms with Gasteiger partial charge in [-0.05, 0) is 42.0 Å². The molecule has 0 fully saturated rings. The number of carbonyl (C=O) groups is 1. The fourth-order valence-electron chi connectivity index (χ4n) is 3.96. The molecule has 0 saturated carbocycles. The van der Waals surface area contributed by atoms with Crippen LogP contribution in [0.4, 0.5) is 0 Å². The molecule has 5 aromatic rings. The third-order valence-electron chi connectivity index (χ3n) is 5.64. The summed E-state index contributed by atoms with van der Waals surface area (Å²) in [4.78, 5) is 32.9. The number of aromatic carboxylic acids is 1. The molecule has 0 radical (unpaired) electrons. The van der Waals surface area contributed by atoms with Gasteiger partial charge in [0.25, 0.3) is 5.56 Å². The zero-order valence-corrected chi connectivity index (χ0v) is 19.6. The van der Waals surface area contributed by atoms with Crippen molar-refractivity contribution < 1.29 is 14.6 Å². The van der Waals surface area contributed by atoms with Gasteiger partial charge in [-0.3, -0.25) is 14.0 Å². The number of carboxylic acid groups (broad SMARTS) is 1. The van der Waals surface area contributed by atoms with Gasteiger partial charge in [0, 0.05) is 29.2 Å². The number of carboxylic acids is 1. The maximum atomic E-state index is 12.8. The van der Waals surface area contributed by atoms with Crippen LogP contribution in [0.3, 0.4) is 0 Å². The Morgan fingerprint density at radius 3 is 2.78 bits per heavy atom. The number of nitrogens with zero attached hydrogens (tertiary/aromatic N) is 6. The fraction of sp³-hybridized carbons (Fsp3) is 0.120. The fourth-order valence-corrected chi connectivity index (χ4v) is 4.14. The van der Waals surface area contributed by atoms with Crippen LogP contribution in [0.1, 0.15) is 16.1 Å². The third-order valence-corrected chi connectivity index (χ3v) is 5.87. The minimum absolute atomic E-state index is 0.113. The molecule has 0 aliphatic heterocycles. The maximum absolute atomic E-state index is 12.8. The van der Waals surface area contributed by atoms with E-state index in [0.717, 1.165) is 0 Å². The molecular formula is C25H17ClN6O4. The zero-order valence-electron chi connectivity index (χ0n) is 18.8. The molecule has 178 valence electrons. The van der Waals surface area contributed by atoms with Crippen LogP contribution in [-0.4, -0.2) is 42.0 Å². The summed E-state index contributed by atoms with van der Waals surface area (Å²) in [6, 6.07) is 11.7. The topological polar surface area (TPSA) is 136 Å². The van der Waals surface area contributed by atoms with Gasteiger partial charge >= 0.3 is 5.97 Å². The number of fused-ring (bicyclic) bond motifs is 2. The molecule has 2 aromatic carbocycles. The molecule has 0 amide bonds. The number of halogens is 1. The quantitative estimate of drug-likeness (QED) is 0.373. The van der Waals surface area contributed by atoms with Crippen molar-refractivity contribution in [1.82, 2.24) is 24.3 Å². The van der Waals surface area contributed by atoms with E-state index in [1.165, 1.54) is 23.2 Å². The van der Waals surface area contributed by atoms with Gasteiger partial charge in [0.2, 0.25) is 0 Å². The molecule has 3 aromatic heterocycles. The van der Waals surface area contributed by atoms with E-state index in [9.17, 15) is 14.7 Å². The van der Waals surface area contributed by atoms with Crippen molar-refractivity contribution in [2.75, 3.05) is 6.61 Å². The van der Waals surface area contributed by atoms with Crippen LogP contribution in [0.5, 0.6) is 5.75 Å². The Hall–Kier alpha value is -4.75. The Balaban J connectivity index is 1.46. The number of aryl methyl sites for hydroxylation is 1. The predicted molar refractivity (Wildman–Crippen MR) is 132 cm³/mol. The molecule has 0 unspecified atom stereocenters. The first-order chi connectivity index (χ1) is 17.3. The first kappa shape index (κ1) is 23.0. The first-order valence-corrected chi connectivity index (χ1v) is 11.1. The van der Waals surface area contributed by atoms with Crippen LogP contribution in [0.25, 0.3) is 32.9 Å². The number of pyridine rings is 1. The second-order valence-corrected chi connectivity index (χ2v) is 8.43. The number of hydrogen-bond donors (Lipinski definition) is 1. The van der Waals surface area contributed by atoms with Crippen LogP contribution < -0.4 is 10.3 Å². The van der Waals surface area contributed by atoms with Gasteiger partial charge in [-0.25, -0.2) is 14.8 Å². The van der Waals surface area contributed by atoms with E-state index < -0.39 is 5.97 Å². The lowest BCUT2D eigenvalue weighted by atomic mass is 9.99. The number of nitriles is 1. The summed E-state index contributed by atoms with van der Waals surface area (Å²) in [5.41, 5.74) is 2.02. The van der Waals surface area contributed by atoms with E-state index >= 15 is 0 Å². The number of rotatable bonds is 6. The molecule has 5 rings (SSSR count). The van der Waals surface area contributed by atoms with E-state index in [-0.39, 0.29) is 30.0 Å². The summed E-state index contributed by atoms with van der Waals surface area (Å²) in [5, 5.41) is 24.4. The number of aromatic nitrogens is 5. The molecule has 0 aliphatic rings. The lowest BCUT2D eigenvalue weighted by Gasteiger charge is -2.14. The van der Waals surface area contributed by atoms with E-state index in [2.05, 4.69) is 15.1 Å². The van der Waals surface area contributed by atoms with Crippen LogP contribution in [0.2, 0.25) is 5.02 Å². The second-order valence-electron chi connectivity index (χ2n) is 8.00. The summed E-state index contributed by atoms with van der Waals surface area (Å²) in [6.07, 6.45) is 4.45. The van der Waals surface area contributed by atoms with Crippen LogP contribution in [0.15, 0.2) is 59.9 Å². The van der Waals surface area contributed by atoms with Crippen LogP contribution in [0, 0.1) is 11.3 Å². The third kappa shape index (κ3) is 4.23. The van der Waals surface area contributed by atoms with Crippen molar-refractivity contribution in [3.8, 4) is 22.9 Å². The summed E-state index contributed by atoms with van der Waals surface area (Å²) in [6.45, 7) is 0.309. The Bertz CT molecular complexity index is 1770. The molecule has 0 aliphatic carbocycles. The molecular weight excluding hydrogens is 484 g/mol. The second kappa shape index (κ2) is 9.13. The number of benzene rings is 2. The molecule has 0 bridgehead atoms. The van der Waals surface area contributed by atoms with Gasteiger partial charge in [0.15, 0.2) is 0 Å². The van der Waals surface area contributed by atoms with Crippen molar-refractivity contribution in [1.29, 1.82) is 5.26 Å². The lowest BCUT2D eigenvalue weighted by molar-refractivity contribution is 0.0699. The van der Waals surface area contributed by atoms with Gasteiger partial charge in [-0.15, -0.1) is 0 Å². The van der Waals surface area contributed by atoms with Crippen molar-refractivity contribution >= 4 is 39.4 Å². The minimum Gasteiger partial charge on any atom is -0.491 e. The highest BCUT2D eigenvalue weighted by atomic mass is 35.5. The van der Waals surface area contributed by atoms with E-state index in [0.29, 0.717) is 43.7 Å². The Kier molecular flexibility index (Phi) is 5.83. The SMILES string of the molecule is Cn1cc2c(C(=O)O)cc(-c3cc(Cl)ccc3OCCn3cnc4cnc(C#N)cc4c3=O)cc2n1. The predicted octanol–water partition coefficient (Wildman–Crippen LogP) is 3.65. The van der Waals surface area contributed by atoms with Gasteiger partial charge in [-0.1, -0.05) is 11.6 Å². The molecule has 0 atom stereocenters. The molecule has 0 saturated heterocycles. The molecule has 10 nitrogen and oxygen atoms in total. The molecule has 1 N–H and O–H groups in total. The van der Waals surface area contributed by atoms with E-state index in [1.807, 2.05) is 6.07 Å². The average molecular weight is 501 g/mol. The molecule has 11 heteroatoms. The largest absolute Gasteiger partial charge is 0.491 e. The van der Waals surface area contributed by atoms with Gasteiger partial charge < -0.3 is 9.84 Å². The van der Waals surface area contributed by atoms with E-state index in [1.54, 1.807) is 48.3 Å². The molecule has 0 spiro atoms. The Morgan fingerprint density at radius 2 is 2.00 bits per heavy atom. The smallest absolute Gasteiger partial charge is 0.336 e. The first-order valence-electron chi connectivity index (χ1n) is 10.7. The summed E-state index contributed by atoms with van der Waals surface area (Å²) < 4.78 is 8.94.